The number of rotatable bonds is 6. The second-order valence-electron chi connectivity index (χ2n) is 7.43. The Labute approximate surface area is 195 Å². The van der Waals surface area contributed by atoms with Gasteiger partial charge in [0.1, 0.15) is 13.2 Å². The number of sulfonamides is 1. The van der Waals surface area contributed by atoms with Crippen molar-refractivity contribution in [2.45, 2.75) is 11.4 Å². The molecule has 168 valence electrons. The first-order valence-electron chi connectivity index (χ1n) is 10.3. The number of carbonyl (C=O) groups is 1. The predicted octanol–water partition coefficient (Wildman–Crippen LogP) is 4.40. The molecule has 7 nitrogen and oxygen atoms in total. The van der Waals surface area contributed by atoms with E-state index in [1.165, 1.54) is 18.2 Å². The van der Waals surface area contributed by atoms with Gasteiger partial charge < -0.3 is 14.8 Å². The first-order chi connectivity index (χ1) is 16.0. The van der Waals surface area contributed by atoms with Crippen LogP contribution in [0, 0.1) is 0 Å². The highest BCUT2D eigenvalue weighted by Crippen LogP contribution is 2.33. The first kappa shape index (κ1) is 21.3. The van der Waals surface area contributed by atoms with E-state index in [1.807, 2.05) is 29.6 Å². The van der Waals surface area contributed by atoms with Crippen LogP contribution < -0.4 is 19.5 Å². The van der Waals surface area contributed by atoms with Crippen LogP contribution in [0.5, 0.6) is 11.5 Å². The molecule has 0 aliphatic carbocycles. The lowest BCUT2D eigenvalue weighted by Gasteiger charge is -2.19. The van der Waals surface area contributed by atoms with Crippen LogP contribution in [0.25, 0.3) is 10.1 Å². The highest BCUT2D eigenvalue weighted by atomic mass is 32.2. The molecule has 0 fully saturated rings. The number of amides is 1. The van der Waals surface area contributed by atoms with Crippen molar-refractivity contribution in [1.82, 2.24) is 5.32 Å². The molecule has 1 aliphatic heterocycles. The smallest absolute Gasteiger partial charge is 0.262 e. The average Bonchev–Trinajstić information content (AvgIpc) is 3.25. The van der Waals surface area contributed by atoms with Gasteiger partial charge in [0, 0.05) is 28.6 Å². The van der Waals surface area contributed by atoms with E-state index in [0.29, 0.717) is 42.5 Å². The average molecular weight is 481 g/mol. The summed E-state index contributed by atoms with van der Waals surface area (Å²) in [6, 6.07) is 18.9. The molecular weight excluding hydrogens is 460 g/mol. The summed E-state index contributed by atoms with van der Waals surface area (Å²) in [5.74, 6) is 0.612. The monoisotopic (exact) mass is 480 g/mol. The van der Waals surface area contributed by atoms with Crippen molar-refractivity contribution >= 4 is 43.0 Å². The van der Waals surface area contributed by atoms with E-state index in [1.54, 1.807) is 35.6 Å². The minimum Gasteiger partial charge on any atom is -0.486 e. The van der Waals surface area contributed by atoms with Gasteiger partial charge in [-0.05, 0) is 52.7 Å². The molecule has 0 bridgehead atoms. The first-order valence-corrected chi connectivity index (χ1v) is 12.6. The van der Waals surface area contributed by atoms with E-state index in [9.17, 15) is 13.2 Å². The molecule has 3 aromatic carbocycles. The van der Waals surface area contributed by atoms with Gasteiger partial charge in [-0.25, -0.2) is 8.42 Å². The van der Waals surface area contributed by atoms with Crippen LogP contribution in [0.1, 0.15) is 15.9 Å². The Hall–Kier alpha value is -3.56. The summed E-state index contributed by atoms with van der Waals surface area (Å²) in [5, 5.41) is 6.05. The lowest BCUT2D eigenvalue weighted by molar-refractivity contribution is 0.0951. The number of ether oxygens (including phenoxy) is 2. The molecule has 0 saturated carbocycles. The standard InChI is InChI=1S/C24H20N2O5S2/c27-24(25-14-17-15-32-23-7-2-1-6-20(17)23)16-4-3-5-18(12-16)26-33(28,29)19-8-9-21-22(13-19)31-11-10-30-21/h1-9,12-13,15,26H,10-11,14H2,(H,25,27). The molecule has 0 spiro atoms. The van der Waals surface area contributed by atoms with Crippen LogP contribution in [0.15, 0.2) is 77.0 Å². The second-order valence-corrected chi connectivity index (χ2v) is 10.0. The predicted molar refractivity (Wildman–Crippen MR) is 128 cm³/mol. The number of thiophene rings is 1. The van der Waals surface area contributed by atoms with Crippen molar-refractivity contribution in [2.24, 2.45) is 0 Å². The van der Waals surface area contributed by atoms with Gasteiger partial charge in [0.2, 0.25) is 0 Å². The Morgan fingerprint density at radius 2 is 1.76 bits per heavy atom. The van der Waals surface area contributed by atoms with E-state index in [-0.39, 0.29) is 10.8 Å². The van der Waals surface area contributed by atoms with Crippen molar-refractivity contribution in [3.63, 3.8) is 0 Å². The third kappa shape index (κ3) is 4.50. The van der Waals surface area contributed by atoms with Crippen LogP contribution >= 0.6 is 11.3 Å². The van der Waals surface area contributed by atoms with Crippen LogP contribution in [-0.2, 0) is 16.6 Å². The Balaban J connectivity index is 1.30. The summed E-state index contributed by atoms with van der Waals surface area (Å²) in [6.45, 7) is 1.17. The van der Waals surface area contributed by atoms with Crippen LogP contribution in [-0.4, -0.2) is 27.5 Å². The number of fused-ring (bicyclic) bond motifs is 2. The number of nitrogens with one attached hydrogen (secondary N) is 2. The fourth-order valence-corrected chi connectivity index (χ4v) is 5.60. The molecule has 4 aromatic rings. The van der Waals surface area contributed by atoms with Crippen LogP contribution in [0.3, 0.4) is 0 Å². The van der Waals surface area contributed by atoms with E-state index >= 15 is 0 Å². The Kier molecular flexibility index (Phi) is 5.65. The lowest BCUT2D eigenvalue weighted by Crippen LogP contribution is -2.23. The summed E-state index contributed by atoms with van der Waals surface area (Å²) >= 11 is 1.63. The van der Waals surface area contributed by atoms with Gasteiger partial charge in [-0.15, -0.1) is 11.3 Å². The molecule has 33 heavy (non-hydrogen) atoms. The topological polar surface area (TPSA) is 93.7 Å². The number of anilines is 1. The minimum atomic E-state index is -3.88. The molecule has 1 amide bonds. The fourth-order valence-electron chi connectivity index (χ4n) is 3.58. The van der Waals surface area contributed by atoms with Crippen molar-refractivity contribution in [2.75, 3.05) is 17.9 Å². The van der Waals surface area contributed by atoms with E-state index in [2.05, 4.69) is 10.0 Å². The summed E-state index contributed by atoms with van der Waals surface area (Å²) in [4.78, 5) is 12.8. The van der Waals surface area contributed by atoms with Gasteiger partial charge in [-0.2, -0.15) is 0 Å². The van der Waals surface area contributed by atoms with E-state index in [4.69, 9.17) is 9.47 Å². The zero-order valence-electron chi connectivity index (χ0n) is 17.4. The summed E-state index contributed by atoms with van der Waals surface area (Å²) in [7, 11) is -3.88. The number of hydrogen-bond donors (Lipinski definition) is 2. The zero-order chi connectivity index (χ0) is 22.8. The van der Waals surface area contributed by atoms with Gasteiger partial charge in [-0.1, -0.05) is 24.3 Å². The lowest BCUT2D eigenvalue weighted by atomic mass is 10.1. The summed E-state index contributed by atoms with van der Waals surface area (Å²) in [5.41, 5.74) is 1.69. The normalized spacial score (nSPS) is 13.0. The largest absolute Gasteiger partial charge is 0.486 e. The zero-order valence-corrected chi connectivity index (χ0v) is 19.0. The maximum absolute atomic E-state index is 12.9. The summed E-state index contributed by atoms with van der Waals surface area (Å²) < 4.78 is 40.3. The third-order valence-electron chi connectivity index (χ3n) is 5.20. The minimum absolute atomic E-state index is 0.0472. The molecular formula is C24H20N2O5S2. The maximum Gasteiger partial charge on any atom is 0.262 e. The highest BCUT2D eigenvalue weighted by molar-refractivity contribution is 7.92. The molecule has 2 N–H and O–H groups in total. The number of benzene rings is 3. The van der Waals surface area contributed by atoms with Gasteiger partial charge in [-0.3, -0.25) is 9.52 Å². The maximum atomic E-state index is 12.9. The molecule has 9 heteroatoms. The molecule has 2 heterocycles. The SMILES string of the molecule is O=C(NCc1csc2ccccc12)c1cccc(NS(=O)(=O)c2ccc3c(c2)OCCO3)c1. The molecule has 0 atom stereocenters. The molecule has 1 aliphatic rings. The number of carbonyl (C=O) groups excluding carboxylic acids is 1. The molecule has 0 radical (unpaired) electrons. The summed E-state index contributed by atoms with van der Waals surface area (Å²) in [6.07, 6.45) is 0. The molecule has 0 unspecified atom stereocenters. The quantitative estimate of drug-likeness (QED) is 0.427. The van der Waals surface area contributed by atoms with Gasteiger partial charge in [0.25, 0.3) is 15.9 Å². The van der Waals surface area contributed by atoms with E-state index < -0.39 is 10.0 Å². The van der Waals surface area contributed by atoms with Crippen molar-refractivity contribution in [3.8, 4) is 11.5 Å². The van der Waals surface area contributed by atoms with Crippen LogP contribution in [0.4, 0.5) is 5.69 Å². The number of hydrogen-bond acceptors (Lipinski definition) is 6. The van der Waals surface area contributed by atoms with Gasteiger partial charge in [0.05, 0.1) is 4.90 Å². The highest BCUT2D eigenvalue weighted by Gasteiger charge is 2.20. The molecule has 1 aromatic heterocycles. The van der Waals surface area contributed by atoms with Gasteiger partial charge in [0.15, 0.2) is 11.5 Å². The molecule has 0 saturated heterocycles. The Morgan fingerprint density at radius 1 is 0.939 bits per heavy atom. The van der Waals surface area contributed by atoms with E-state index in [0.717, 1.165) is 15.6 Å². The fraction of sp³-hybridized carbons (Fsp3) is 0.125. The van der Waals surface area contributed by atoms with Crippen molar-refractivity contribution in [1.29, 1.82) is 0 Å². The van der Waals surface area contributed by atoms with Crippen molar-refractivity contribution < 1.29 is 22.7 Å². The third-order valence-corrected chi connectivity index (χ3v) is 7.59. The second kappa shape index (κ2) is 8.76. The molecule has 5 rings (SSSR count). The van der Waals surface area contributed by atoms with Gasteiger partial charge >= 0.3 is 0 Å². The van der Waals surface area contributed by atoms with Crippen LogP contribution in [0.2, 0.25) is 0 Å². The Bertz CT molecular complexity index is 1450. The van der Waals surface area contributed by atoms with Crippen molar-refractivity contribution in [3.05, 3.63) is 83.2 Å². The Morgan fingerprint density at radius 3 is 2.64 bits per heavy atom.